The lowest BCUT2D eigenvalue weighted by Crippen LogP contribution is -2.65. The Kier molecular flexibility index (Phi) is 4.78. The van der Waals surface area contributed by atoms with Gasteiger partial charge in [-0.05, 0) is 12.8 Å². The first-order valence-corrected chi connectivity index (χ1v) is 7.12. The van der Waals surface area contributed by atoms with Crippen molar-refractivity contribution >= 4 is 5.91 Å². The molecule has 0 aromatic carbocycles. The van der Waals surface area contributed by atoms with Gasteiger partial charge in [0.05, 0.1) is 24.3 Å². The van der Waals surface area contributed by atoms with Crippen LogP contribution in [-0.4, -0.2) is 69.6 Å². The van der Waals surface area contributed by atoms with Crippen LogP contribution in [0.2, 0.25) is 0 Å². The molecular formula is C13H24N2O4. The van der Waals surface area contributed by atoms with E-state index in [0.29, 0.717) is 25.9 Å². The number of hydrogen-bond acceptors (Lipinski definition) is 5. The van der Waals surface area contributed by atoms with E-state index in [0.717, 1.165) is 12.8 Å². The van der Waals surface area contributed by atoms with Crippen molar-refractivity contribution in [1.82, 2.24) is 10.2 Å². The average Bonchev–Trinajstić information content (AvgIpc) is 2.74. The summed E-state index contributed by atoms with van der Waals surface area (Å²) in [6, 6.07) is -0.861. The van der Waals surface area contributed by atoms with Crippen molar-refractivity contribution in [2.45, 2.75) is 63.0 Å². The molecule has 110 valence electrons. The summed E-state index contributed by atoms with van der Waals surface area (Å²) >= 11 is 0. The minimum Gasteiger partial charge on any atom is -0.391 e. The molecule has 0 saturated carbocycles. The second kappa shape index (κ2) is 6.17. The molecule has 5 atom stereocenters. The maximum absolute atomic E-state index is 11.7. The lowest BCUT2D eigenvalue weighted by Gasteiger charge is -2.43. The number of nitrogens with zero attached hydrogens (tertiary/aromatic N) is 1. The van der Waals surface area contributed by atoms with Gasteiger partial charge in [-0.15, -0.1) is 0 Å². The van der Waals surface area contributed by atoms with Gasteiger partial charge in [0.25, 0.3) is 0 Å². The first-order valence-electron chi connectivity index (χ1n) is 7.12. The van der Waals surface area contributed by atoms with Crippen molar-refractivity contribution < 1.29 is 20.1 Å². The number of piperidine rings is 1. The van der Waals surface area contributed by atoms with Gasteiger partial charge in [0.2, 0.25) is 5.91 Å². The van der Waals surface area contributed by atoms with Gasteiger partial charge in [0.1, 0.15) is 6.10 Å². The molecule has 6 heteroatoms. The molecule has 2 saturated heterocycles. The van der Waals surface area contributed by atoms with E-state index in [2.05, 4.69) is 5.32 Å². The molecule has 19 heavy (non-hydrogen) atoms. The molecule has 2 rings (SSSR count). The SMILES string of the molecule is CCCCC(=O)N[C@H]1CN2CCC(O)C2[C@@H](O)[C@@H]1O. The first-order chi connectivity index (χ1) is 9.04. The molecule has 0 aromatic heterocycles. The summed E-state index contributed by atoms with van der Waals surface area (Å²) in [5, 5.41) is 32.7. The molecule has 2 aliphatic heterocycles. The standard InChI is InChI=1S/C13H24N2O4/c1-2-3-4-10(17)14-8-7-15-6-5-9(16)11(15)13(19)12(8)18/h8-9,11-13,16,18-19H,2-7H2,1H3,(H,14,17)/t8-,9?,11?,12+,13+/m0/s1. The Morgan fingerprint density at radius 1 is 1.32 bits per heavy atom. The zero-order valence-corrected chi connectivity index (χ0v) is 11.3. The number of aliphatic hydroxyl groups is 3. The molecule has 1 amide bonds. The molecule has 0 radical (unpaired) electrons. The highest BCUT2D eigenvalue weighted by Gasteiger charge is 2.48. The van der Waals surface area contributed by atoms with E-state index in [4.69, 9.17) is 0 Å². The summed E-state index contributed by atoms with van der Waals surface area (Å²) in [6.45, 7) is 3.19. The summed E-state index contributed by atoms with van der Waals surface area (Å²) in [5.74, 6) is -0.0868. The van der Waals surface area contributed by atoms with E-state index < -0.39 is 30.4 Å². The summed E-state index contributed by atoms with van der Waals surface area (Å²) in [5.41, 5.74) is 0. The highest BCUT2D eigenvalue weighted by molar-refractivity contribution is 5.76. The van der Waals surface area contributed by atoms with E-state index in [1.165, 1.54) is 0 Å². The Balaban J connectivity index is 1.94. The van der Waals surface area contributed by atoms with Gasteiger partial charge in [-0.25, -0.2) is 0 Å². The number of nitrogens with one attached hydrogen (secondary N) is 1. The van der Waals surface area contributed by atoms with Crippen molar-refractivity contribution in [2.75, 3.05) is 13.1 Å². The molecule has 2 heterocycles. The molecule has 0 bridgehead atoms. The van der Waals surface area contributed by atoms with Gasteiger partial charge < -0.3 is 20.6 Å². The fourth-order valence-electron chi connectivity index (χ4n) is 3.07. The summed E-state index contributed by atoms with van der Waals surface area (Å²) in [7, 11) is 0. The van der Waals surface area contributed by atoms with Gasteiger partial charge in [-0.1, -0.05) is 13.3 Å². The predicted octanol–water partition coefficient (Wildman–Crippen LogP) is -1.17. The molecule has 0 aromatic rings. The quantitative estimate of drug-likeness (QED) is 0.518. The van der Waals surface area contributed by atoms with E-state index in [1.807, 2.05) is 11.8 Å². The smallest absolute Gasteiger partial charge is 0.220 e. The van der Waals surface area contributed by atoms with Crippen molar-refractivity contribution in [1.29, 1.82) is 0 Å². The number of hydrogen-bond donors (Lipinski definition) is 4. The maximum Gasteiger partial charge on any atom is 0.220 e. The normalized spacial score (nSPS) is 39.1. The van der Waals surface area contributed by atoms with Crippen LogP contribution in [0.15, 0.2) is 0 Å². The minimum atomic E-state index is -1.01. The van der Waals surface area contributed by atoms with Gasteiger partial charge in [-0.3, -0.25) is 9.69 Å². The van der Waals surface area contributed by atoms with Crippen LogP contribution in [0, 0.1) is 0 Å². The predicted molar refractivity (Wildman–Crippen MR) is 69.5 cm³/mol. The van der Waals surface area contributed by atoms with Gasteiger partial charge in [-0.2, -0.15) is 0 Å². The summed E-state index contributed by atoms with van der Waals surface area (Å²) < 4.78 is 0. The Bertz CT molecular complexity index is 326. The molecule has 6 nitrogen and oxygen atoms in total. The van der Waals surface area contributed by atoms with Crippen molar-refractivity contribution in [3.8, 4) is 0 Å². The van der Waals surface area contributed by atoms with Crippen LogP contribution < -0.4 is 5.32 Å². The molecular weight excluding hydrogens is 248 g/mol. The topological polar surface area (TPSA) is 93.0 Å². The second-order valence-electron chi connectivity index (χ2n) is 5.60. The Morgan fingerprint density at radius 2 is 2.05 bits per heavy atom. The molecule has 0 aliphatic carbocycles. The third kappa shape index (κ3) is 3.08. The van der Waals surface area contributed by atoms with Crippen molar-refractivity contribution in [3.63, 3.8) is 0 Å². The van der Waals surface area contributed by atoms with E-state index in [1.54, 1.807) is 0 Å². The third-order valence-corrected chi connectivity index (χ3v) is 4.17. The van der Waals surface area contributed by atoms with Crippen LogP contribution in [0.3, 0.4) is 0 Å². The zero-order chi connectivity index (χ0) is 14.0. The third-order valence-electron chi connectivity index (χ3n) is 4.17. The fourth-order valence-corrected chi connectivity index (χ4v) is 3.07. The zero-order valence-electron chi connectivity index (χ0n) is 11.3. The minimum absolute atomic E-state index is 0.0868. The molecule has 4 N–H and O–H groups in total. The van der Waals surface area contributed by atoms with Crippen LogP contribution in [0.1, 0.15) is 32.6 Å². The Morgan fingerprint density at radius 3 is 2.74 bits per heavy atom. The average molecular weight is 272 g/mol. The van der Waals surface area contributed by atoms with Crippen LogP contribution >= 0.6 is 0 Å². The molecule has 2 aliphatic rings. The Hall–Kier alpha value is -0.690. The first kappa shape index (κ1) is 14.7. The fraction of sp³-hybridized carbons (Fsp3) is 0.923. The number of amides is 1. The maximum atomic E-state index is 11.7. The summed E-state index contributed by atoms with van der Waals surface area (Å²) in [6.07, 6.45) is 0.197. The van der Waals surface area contributed by atoms with E-state index >= 15 is 0 Å². The number of aliphatic hydroxyl groups excluding tert-OH is 3. The number of carbonyl (C=O) groups excluding carboxylic acids is 1. The van der Waals surface area contributed by atoms with Crippen LogP contribution in [0.4, 0.5) is 0 Å². The van der Waals surface area contributed by atoms with E-state index in [9.17, 15) is 20.1 Å². The van der Waals surface area contributed by atoms with Crippen LogP contribution in [0.25, 0.3) is 0 Å². The van der Waals surface area contributed by atoms with Crippen molar-refractivity contribution in [2.24, 2.45) is 0 Å². The number of unbranched alkanes of at least 4 members (excludes halogenated alkanes) is 1. The number of rotatable bonds is 4. The van der Waals surface area contributed by atoms with Gasteiger partial charge in [0.15, 0.2) is 0 Å². The monoisotopic (exact) mass is 272 g/mol. The van der Waals surface area contributed by atoms with Gasteiger partial charge in [0, 0.05) is 19.5 Å². The largest absolute Gasteiger partial charge is 0.391 e. The molecule has 2 unspecified atom stereocenters. The van der Waals surface area contributed by atoms with Gasteiger partial charge >= 0.3 is 0 Å². The number of carbonyl (C=O) groups is 1. The summed E-state index contributed by atoms with van der Waals surface area (Å²) in [4.78, 5) is 13.7. The van der Waals surface area contributed by atoms with Crippen LogP contribution in [0.5, 0.6) is 0 Å². The molecule has 0 spiro atoms. The van der Waals surface area contributed by atoms with Crippen LogP contribution in [-0.2, 0) is 4.79 Å². The van der Waals surface area contributed by atoms with E-state index in [-0.39, 0.29) is 5.91 Å². The lowest BCUT2D eigenvalue weighted by molar-refractivity contribution is -0.129. The van der Waals surface area contributed by atoms with Crippen molar-refractivity contribution in [3.05, 3.63) is 0 Å². The molecule has 2 fully saturated rings. The highest BCUT2D eigenvalue weighted by atomic mass is 16.3. The number of fused-ring (bicyclic) bond motifs is 1. The highest BCUT2D eigenvalue weighted by Crippen LogP contribution is 2.28. The Labute approximate surface area is 113 Å². The lowest BCUT2D eigenvalue weighted by atomic mass is 9.91. The second-order valence-corrected chi connectivity index (χ2v) is 5.60.